The molecule has 0 aromatic heterocycles. The van der Waals surface area contributed by atoms with Crippen molar-refractivity contribution in [2.45, 2.75) is 32.6 Å². The summed E-state index contributed by atoms with van der Waals surface area (Å²) in [5.41, 5.74) is 0.935. The van der Waals surface area contributed by atoms with Crippen LogP contribution in [0.3, 0.4) is 0 Å². The van der Waals surface area contributed by atoms with Gasteiger partial charge in [0.15, 0.2) is 34.8 Å². The van der Waals surface area contributed by atoms with Crippen LogP contribution in [-0.4, -0.2) is 6.61 Å². The number of fused-ring (bicyclic) bond motifs is 1. The van der Waals surface area contributed by atoms with Gasteiger partial charge in [0.25, 0.3) is 0 Å². The van der Waals surface area contributed by atoms with Crippen molar-refractivity contribution >= 4 is 10.8 Å². The summed E-state index contributed by atoms with van der Waals surface area (Å²) in [5.74, 6) is -6.72. The molecule has 0 fully saturated rings. The number of hydrogen-bond donors (Lipinski definition) is 0. The summed E-state index contributed by atoms with van der Waals surface area (Å²) in [6.45, 7) is 5.51. The second-order valence-electron chi connectivity index (χ2n) is 10.3. The van der Waals surface area contributed by atoms with E-state index in [-0.39, 0.29) is 40.0 Å². The first kappa shape index (κ1) is 30.0. The van der Waals surface area contributed by atoms with Crippen molar-refractivity contribution in [2.75, 3.05) is 6.61 Å². The van der Waals surface area contributed by atoms with Crippen molar-refractivity contribution in [1.82, 2.24) is 0 Å². The van der Waals surface area contributed by atoms with Gasteiger partial charge in [-0.1, -0.05) is 81.0 Å². The van der Waals surface area contributed by atoms with Gasteiger partial charge in [0.1, 0.15) is 6.61 Å². The van der Waals surface area contributed by atoms with Crippen LogP contribution in [0.25, 0.3) is 44.2 Å². The summed E-state index contributed by atoms with van der Waals surface area (Å²) in [6, 6.07) is 17.3. The molecule has 220 valence electrons. The first-order valence-corrected chi connectivity index (χ1v) is 14.0. The van der Waals surface area contributed by atoms with Gasteiger partial charge in [-0.25, -0.2) is 22.0 Å². The van der Waals surface area contributed by atoms with Gasteiger partial charge in [-0.2, -0.15) is 4.39 Å². The minimum atomic E-state index is -1.15. The van der Waals surface area contributed by atoms with Gasteiger partial charge in [0.05, 0.1) is 0 Å². The Balaban J connectivity index is 1.44. The molecule has 0 unspecified atom stereocenters. The van der Waals surface area contributed by atoms with Crippen LogP contribution in [0.15, 0.2) is 85.5 Å². The fourth-order valence-electron chi connectivity index (χ4n) is 5.14. The lowest BCUT2D eigenvalue weighted by atomic mass is 9.95. The van der Waals surface area contributed by atoms with Crippen molar-refractivity contribution in [3.05, 3.63) is 126 Å². The third kappa shape index (κ3) is 5.89. The first-order valence-electron chi connectivity index (χ1n) is 14.0. The molecule has 0 bridgehead atoms. The van der Waals surface area contributed by atoms with Gasteiger partial charge in [-0.15, -0.1) is 0 Å². The van der Waals surface area contributed by atoms with Crippen molar-refractivity contribution in [2.24, 2.45) is 0 Å². The molecular formula is C36H28F6O. The fraction of sp³-hybridized carbons (Fsp3) is 0.167. The average Bonchev–Trinajstić information content (AvgIpc) is 3.02. The summed E-state index contributed by atoms with van der Waals surface area (Å²) >= 11 is 0. The molecule has 43 heavy (non-hydrogen) atoms. The van der Waals surface area contributed by atoms with E-state index in [0.717, 1.165) is 19.3 Å². The summed E-state index contributed by atoms with van der Waals surface area (Å²) in [7, 11) is 0. The number of hydrogen-bond acceptors (Lipinski definition) is 1. The standard InChI is InChI=1S/C36H28F6O/c1-3-5-6-7-25-19-23-12-13-24(20-29(23)35(41)31(25)37)28-15-14-26(32(38)33(28)39)21-8-10-22(11-9-21)27-16-17-30(43-18-4-2)36(42)34(27)40/h4,8-17,19-20H,2-3,5-7,18H2,1H3. The Labute approximate surface area is 246 Å². The van der Waals surface area contributed by atoms with Crippen LogP contribution in [0.4, 0.5) is 26.3 Å². The highest BCUT2D eigenvalue weighted by Crippen LogP contribution is 2.36. The monoisotopic (exact) mass is 590 g/mol. The largest absolute Gasteiger partial charge is 0.486 e. The third-order valence-electron chi connectivity index (χ3n) is 7.45. The van der Waals surface area contributed by atoms with Crippen molar-refractivity contribution in [3.63, 3.8) is 0 Å². The summed E-state index contributed by atoms with van der Waals surface area (Å²) < 4.78 is 94.7. The molecule has 5 aromatic rings. The molecule has 0 saturated heterocycles. The molecule has 0 radical (unpaired) electrons. The van der Waals surface area contributed by atoms with Crippen LogP contribution >= 0.6 is 0 Å². The summed E-state index contributed by atoms with van der Waals surface area (Å²) in [4.78, 5) is 0. The predicted molar refractivity (Wildman–Crippen MR) is 159 cm³/mol. The van der Waals surface area contributed by atoms with Gasteiger partial charge >= 0.3 is 0 Å². The molecule has 0 spiro atoms. The number of halogens is 6. The van der Waals surface area contributed by atoms with Gasteiger partial charge in [0, 0.05) is 22.1 Å². The molecule has 5 aromatic carbocycles. The molecule has 0 saturated carbocycles. The molecular weight excluding hydrogens is 562 g/mol. The molecule has 0 atom stereocenters. The van der Waals surface area contributed by atoms with Gasteiger partial charge in [-0.3, -0.25) is 0 Å². The molecule has 7 heteroatoms. The van der Waals surface area contributed by atoms with Crippen LogP contribution in [0.5, 0.6) is 5.75 Å². The molecule has 1 nitrogen and oxygen atoms in total. The Bertz CT molecular complexity index is 1810. The van der Waals surface area contributed by atoms with Gasteiger partial charge in [0.2, 0.25) is 5.82 Å². The molecule has 0 amide bonds. The predicted octanol–water partition coefficient (Wildman–Crippen LogP) is 11.0. The number of rotatable bonds is 10. The SMILES string of the molecule is C=CCOc1ccc(-c2ccc(-c3ccc(-c4ccc5cc(CCCCC)c(F)c(F)c5c4)c(F)c3F)cc2)c(F)c1F. The topological polar surface area (TPSA) is 9.23 Å². The van der Waals surface area contributed by atoms with Gasteiger partial charge in [-0.05, 0) is 64.7 Å². The van der Waals surface area contributed by atoms with E-state index >= 15 is 13.2 Å². The maximum Gasteiger partial charge on any atom is 0.201 e. The van der Waals surface area contributed by atoms with Gasteiger partial charge < -0.3 is 4.74 Å². The quantitative estimate of drug-likeness (QED) is 0.0893. The van der Waals surface area contributed by atoms with Crippen molar-refractivity contribution < 1.29 is 31.1 Å². The van der Waals surface area contributed by atoms with Crippen LogP contribution in [-0.2, 0) is 6.42 Å². The van der Waals surface area contributed by atoms with Crippen LogP contribution in [0.1, 0.15) is 31.7 Å². The van der Waals surface area contributed by atoms with Crippen LogP contribution < -0.4 is 4.74 Å². The zero-order valence-electron chi connectivity index (χ0n) is 23.4. The van der Waals surface area contributed by atoms with E-state index in [0.29, 0.717) is 28.5 Å². The Morgan fingerprint density at radius 3 is 1.77 bits per heavy atom. The Morgan fingerprint density at radius 1 is 0.605 bits per heavy atom. The maximum absolute atomic E-state index is 15.4. The van der Waals surface area contributed by atoms with E-state index < -0.39 is 34.9 Å². The van der Waals surface area contributed by atoms with Crippen LogP contribution in [0.2, 0.25) is 0 Å². The molecule has 0 heterocycles. The highest BCUT2D eigenvalue weighted by molar-refractivity contribution is 5.89. The lowest BCUT2D eigenvalue weighted by Gasteiger charge is -2.13. The molecule has 5 rings (SSSR count). The Morgan fingerprint density at radius 2 is 1.16 bits per heavy atom. The minimum Gasteiger partial charge on any atom is -0.486 e. The lowest BCUT2D eigenvalue weighted by Crippen LogP contribution is -1.99. The van der Waals surface area contributed by atoms with Crippen LogP contribution in [0, 0.1) is 34.9 Å². The second kappa shape index (κ2) is 12.8. The van der Waals surface area contributed by atoms with E-state index in [2.05, 4.69) is 6.58 Å². The van der Waals surface area contributed by atoms with E-state index in [9.17, 15) is 13.2 Å². The highest BCUT2D eigenvalue weighted by atomic mass is 19.2. The summed E-state index contributed by atoms with van der Waals surface area (Å²) in [5, 5.41) is 0.458. The number of benzene rings is 5. The fourth-order valence-corrected chi connectivity index (χ4v) is 5.14. The molecule has 0 aliphatic heterocycles. The Hall–Kier alpha value is -4.52. The molecule has 0 aliphatic carbocycles. The van der Waals surface area contributed by atoms with E-state index in [4.69, 9.17) is 4.74 Å². The zero-order chi connectivity index (χ0) is 30.7. The zero-order valence-corrected chi connectivity index (χ0v) is 23.4. The average molecular weight is 591 g/mol. The molecule has 0 aliphatic rings. The normalized spacial score (nSPS) is 11.2. The first-order chi connectivity index (χ1) is 20.7. The van der Waals surface area contributed by atoms with E-state index in [1.165, 1.54) is 60.7 Å². The number of aryl methyl sites for hydroxylation is 1. The van der Waals surface area contributed by atoms with E-state index in [1.54, 1.807) is 18.2 Å². The summed E-state index contributed by atoms with van der Waals surface area (Å²) in [6.07, 6.45) is 4.42. The Kier molecular flexibility index (Phi) is 8.90. The number of unbranched alkanes of at least 4 members (excludes halogenated alkanes) is 2. The minimum absolute atomic E-state index is 0.0155. The smallest absolute Gasteiger partial charge is 0.201 e. The second-order valence-corrected chi connectivity index (χ2v) is 10.3. The van der Waals surface area contributed by atoms with Crippen molar-refractivity contribution in [3.8, 4) is 39.1 Å². The lowest BCUT2D eigenvalue weighted by molar-refractivity contribution is 0.333. The number of ether oxygens (including phenoxy) is 1. The highest BCUT2D eigenvalue weighted by Gasteiger charge is 2.20. The maximum atomic E-state index is 15.4. The third-order valence-corrected chi connectivity index (χ3v) is 7.45. The van der Waals surface area contributed by atoms with Crippen molar-refractivity contribution in [1.29, 1.82) is 0 Å². The van der Waals surface area contributed by atoms with E-state index in [1.807, 2.05) is 6.92 Å². The molecule has 0 N–H and O–H groups in total.